The molecule has 20 heavy (non-hydrogen) atoms. The molecule has 0 aromatic heterocycles. The van der Waals surface area contributed by atoms with Gasteiger partial charge in [-0.1, -0.05) is 23.7 Å². The predicted octanol–water partition coefficient (Wildman–Crippen LogP) is 4.33. The molecule has 0 spiro atoms. The smallest absolute Gasteiger partial charge is 0.253 e. The standard InChI is InChI=1S/C16H16ClNOS/c1-18(11-12-4-3-5-14(17)10-12)16(19)13-6-8-15(20-2)9-7-13/h3-10H,11H2,1-2H3. The molecular formula is C16H16ClNOS. The minimum Gasteiger partial charge on any atom is -0.337 e. The molecule has 0 heterocycles. The molecule has 104 valence electrons. The van der Waals surface area contributed by atoms with Crippen molar-refractivity contribution in [3.05, 3.63) is 64.7 Å². The molecule has 0 aliphatic rings. The number of thioether (sulfide) groups is 1. The summed E-state index contributed by atoms with van der Waals surface area (Å²) in [6, 6.07) is 15.2. The fourth-order valence-electron chi connectivity index (χ4n) is 1.93. The number of nitrogens with zero attached hydrogens (tertiary/aromatic N) is 1. The fraction of sp³-hybridized carbons (Fsp3) is 0.188. The highest BCUT2D eigenvalue weighted by Gasteiger charge is 2.12. The topological polar surface area (TPSA) is 20.3 Å². The van der Waals surface area contributed by atoms with Gasteiger partial charge in [0.25, 0.3) is 5.91 Å². The van der Waals surface area contributed by atoms with Crippen molar-refractivity contribution >= 4 is 29.3 Å². The van der Waals surface area contributed by atoms with E-state index in [2.05, 4.69) is 0 Å². The van der Waals surface area contributed by atoms with Crippen molar-refractivity contribution < 1.29 is 4.79 Å². The molecule has 0 aliphatic carbocycles. The van der Waals surface area contributed by atoms with Crippen molar-refractivity contribution in [2.45, 2.75) is 11.4 Å². The predicted molar refractivity (Wildman–Crippen MR) is 85.5 cm³/mol. The molecular weight excluding hydrogens is 290 g/mol. The maximum atomic E-state index is 12.3. The summed E-state index contributed by atoms with van der Waals surface area (Å²) in [4.78, 5) is 15.2. The first-order valence-electron chi connectivity index (χ1n) is 6.24. The van der Waals surface area contributed by atoms with Crippen molar-refractivity contribution in [3.8, 4) is 0 Å². The molecule has 4 heteroatoms. The van der Waals surface area contributed by atoms with E-state index >= 15 is 0 Å². The van der Waals surface area contributed by atoms with E-state index in [0.717, 1.165) is 10.5 Å². The Bertz CT molecular complexity index is 598. The minimum absolute atomic E-state index is 0.0117. The third-order valence-electron chi connectivity index (χ3n) is 2.99. The van der Waals surface area contributed by atoms with Gasteiger partial charge in [-0.25, -0.2) is 0 Å². The van der Waals surface area contributed by atoms with Gasteiger partial charge in [0.2, 0.25) is 0 Å². The third kappa shape index (κ3) is 3.78. The van der Waals surface area contributed by atoms with Gasteiger partial charge in [-0.15, -0.1) is 11.8 Å². The second-order valence-electron chi connectivity index (χ2n) is 4.52. The van der Waals surface area contributed by atoms with Gasteiger partial charge in [0.1, 0.15) is 0 Å². The third-order valence-corrected chi connectivity index (χ3v) is 3.97. The number of hydrogen-bond donors (Lipinski definition) is 0. The number of carbonyl (C=O) groups excluding carboxylic acids is 1. The maximum absolute atomic E-state index is 12.3. The van der Waals surface area contributed by atoms with Gasteiger partial charge in [-0.3, -0.25) is 4.79 Å². The highest BCUT2D eigenvalue weighted by molar-refractivity contribution is 7.98. The van der Waals surface area contributed by atoms with Crippen LogP contribution < -0.4 is 0 Å². The first-order valence-corrected chi connectivity index (χ1v) is 7.84. The average Bonchev–Trinajstić information content (AvgIpc) is 2.46. The summed E-state index contributed by atoms with van der Waals surface area (Å²) in [5.41, 5.74) is 1.72. The Morgan fingerprint density at radius 1 is 1.20 bits per heavy atom. The zero-order valence-electron chi connectivity index (χ0n) is 11.5. The van der Waals surface area contributed by atoms with Crippen LogP contribution in [0.2, 0.25) is 5.02 Å². The minimum atomic E-state index is 0.0117. The van der Waals surface area contributed by atoms with Crippen LogP contribution in [-0.4, -0.2) is 24.1 Å². The highest BCUT2D eigenvalue weighted by Crippen LogP contribution is 2.17. The van der Waals surface area contributed by atoms with E-state index in [4.69, 9.17) is 11.6 Å². The number of halogens is 1. The lowest BCUT2D eigenvalue weighted by molar-refractivity contribution is 0.0785. The van der Waals surface area contributed by atoms with E-state index in [0.29, 0.717) is 17.1 Å². The van der Waals surface area contributed by atoms with Gasteiger partial charge < -0.3 is 4.90 Å². The molecule has 0 bridgehead atoms. The number of carbonyl (C=O) groups is 1. The molecule has 2 nitrogen and oxygen atoms in total. The van der Waals surface area contributed by atoms with Crippen molar-refractivity contribution in [1.82, 2.24) is 4.90 Å². The van der Waals surface area contributed by atoms with Gasteiger partial charge in [-0.2, -0.15) is 0 Å². The van der Waals surface area contributed by atoms with Crippen molar-refractivity contribution in [1.29, 1.82) is 0 Å². The summed E-state index contributed by atoms with van der Waals surface area (Å²) in [5, 5.41) is 0.688. The summed E-state index contributed by atoms with van der Waals surface area (Å²) in [7, 11) is 1.80. The Morgan fingerprint density at radius 3 is 2.50 bits per heavy atom. The van der Waals surface area contributed by atoms with Crippen LogP contribution in [0.25, 0.3) is 0 Å². The van der Waals surface area contributed by atoms with Crippen molar-refractivity contribution in [2.24, 2.45) is 0 Å². The molecule has 0 N–H and O–H groups in total. The summed E-state index contributed by atoms with van der Waals surface area (Å²) in [5.74, 6) is 0.0117. The van der Waals surface area contributed by atoms with E-state index in [1.165, 1.54) is 0 Å². The van der Waals surface area contributed by atoms with E-state index in [9.17, 15) is 4.79 Å². The zero-order chi connectivity index (χ0) is 14.5. The van der Waals surface area contributed by atoms with Crippen LogP contribution in [0.4, 0.5) is 0 Å². The molecule has 2 aromatic carbocycles. The lowest BCUT2D eigenvalue weighted by Gasteiger charge is -2.17. The Labute approximate surface area is 128 Å². The highest BCUT2D eigenvalue weighted by atomic mass is 35.5. The van der Waals surface area contributed by atoms with Crippen molar-refractivity contribution in [2.75, 3.05) is 13.3 Å². The number of hydrogen-bond acceptors (Lipinski definition) is 2. The lowest BCUT2D eigenvalue weighted by atomic mass is 10.1. The second kappa shape index (κ2) is 6.82. The number of amides is 1. The van der Waals surface area contributed by atoms with Gasteiger partial charge in [0.15, 0.2) is 0 Å². The monoisotopic (exact) mass is 305 g/mol. The van der Waals surface area contributed by atoms with Crippen LogP contribution >= 0.6 is 23.4 Å². The Balaban J connectivity index is 2.07. The summed E-state index contributed by atoms with van der Waals surface area (Å²) >= 11 is 7.61. The summed E-state index contributed by atoms with van der Waals surface area (Å²) < 4.78 is 0. The maximum Gasteiger partial charge on any atom is 0.253 e. The Hall–Kier alpha value is -1.45. The molecule has 0 saturated carbocycles. The van der Waals surface area contributed by atoms with Crippen LogP contribution in [0.15, 0.2) is 53.4 Å². The van der Waals surface area contributed by atoms with Gasteiger partial charge >= 0.3 is 0 Å². The van der Waals surface area contributed by atoms with Crippen LogP contribution in [0, 0.1) is 0 Å². The molecule has 0 saturated heterocycles. The zero-order valence-corrected chi connectivity index (χ0v) is 13.0. The fourth-order valence-corrected chi connectivity index (χ4v) is 2.56. The molecule has 0 fully saturated rings. The number of benzene rings is 2. The van der Waals surface area contributed by atoms with Gasteiger partial charge in [-0.05, 0) is 48.2 Å². The number of rotatable bonds is 4. The van der Waals surface area contributed by atoms with Crippen LogP contribution in [0.3, 0.4) is 0 Å². The first kappa shape index (κ1) is 14.9. The van der Waals surface area contributed by atoms with Crippen LogP contribution in [-0.2, 0) is 6.54 Å². The van der Waals surface area contributed by atoms with E-state index in [1.54, 1.807) is 23.7 Å². The average molecular weight is 306 g/mol. The van der Waals surface area contributed by atoms with Gasteiger partial charge in [0, 0.05) is 29.1 Å². The largest absolute Gasteiger partial charge is 0.337 e. The second-order valence-corrected chi connectivity index (χ2v) is 5.84. The summed E-state index contributed by atoms with van der Waals surface area (Å²) in [6.07, 6.45) is 2.02. The van der Waals surface area contributed by atoms with E-state index < -0.39 is 0 Å². The first-order chi connectivity index (χ1) is 9.60. The quantitative estimate of drug-likeness (QED) is 0.783. The van der Waals surface area contributed by atoms with E-state index in [1.807, 2.05) is 54.8 Å². The SMILES string of the molecule is CSc1ccc(C(=O)N(C)Cc2cccc(Cl)c2)cc1. The molecule has 2 aromatic rings. The molecule has 0 atom stereocenters. The van der Waals surface area contributed by atoms with Crippen molar-refractivity contribution in [3.63, 3.8) is 0 Å². The molecule has 1 amide bonds. The molecule has 2 rings (SSSR count). The lowest BCUT2D eigenvalue weighted by Crippen LogP contribution is -2.26. The van der Waals surface area contributed by atoms with Gasteiger partial charge in [0.05, 0.1) is 0 Å². The molecule has 0 aliphatic heterocycles. The van der Waals surface area contributed by atoms with Crippen LogP contribution in [0.5, 0.6) is 0 Å². The Kier molecular flexibility index (Phi) is 5.10. The normalized spacial score (nSPS) is 10.3. The van der Waals surface area contributed by atoms with Crippen LogP contribution in [0.1, 0.15) is 15.9 Å². The summed E-state index contributed by atoms with van der Waals surface area (Å²) in [6.45, 7) is 0.545. The molecule has 0 unspecified atom stereocenters. The van der Waals surface area contributed by atoms with E-state index in [-0.39, 0.29) is 5.91 Å². The molecule has 0 radical (unpaired) electrons. The Morgan fingerprint density at radius 2 is 1.90 bits per heavy atom.